The molecule has 6 atom stereocenters. The maximum atomic E-state index is 13.1. The first-order valence-corrected chi connectivity index (χ1v) is 10.9. The molecule has 0 spiro atoms. The van der Waals surface area contributed by atoms with Crippen LogP contribution in [0.25, 0.3) is 0 Å². The molecule has 0 aromatic carbocycles. The maximum absolute atomic E-state index is 13.1. The number of aliphatic carboxylic acids is 1. The van der Waals surface area contributed by atoms with E-state index in [1.807, 2.05) is 0 Å². The molecule has 6 unspecified atom stereocenters. The van der Waals surface area contributed by atoms with Crippen LogP contribution in [-0.2, 0) is 14.3 Å². The molecule has 4 heteroatoms. The third-order valence-corrected chi connectivity index (χ3v) is 8.68. The van der Waals surface area contributed by atoms with Gasteiger partial charge in [-0.15, -0.1) is 0 Å². The first kappa shape index (κ1) is 18.3. The van der Waals surface area contributed by atoms with Crippen molar-refractivity contribution in [3.05, 3.63) is 0 Å². The SMILES string of the molecule is CCC(CC)(C(=O)O)C(=O)OC(C1CC2CCC1C2)C1CC2CCC1C2. The van der Waals surface area contributed by atoms with Crippen molar-refractivity contribution in [2.75, 3.05) is 0 Å². The van der Waals surface area contributed by atoms with Gasteiger partial charge in [-0.1, -0.05) is 26.7 Å². The smallest absolute Gasteiger partial charge is 0.323 e. The van der Waals surface area contributed by atoms with Gasteiger partial charge >= 0.3 is 11.9 Å². The minimum absolute atomic E-state index is 0.0371. The van der Waals surface area contributed by atoms with Crippen molar-refractivity contribution < 1.29 is 19.4 Å². The minimum Gasteiger partial charge on any atom is -0.480 e. The van der Waals surface area contributed by atoms with E-state index >= 15 is 0 Å². The summed E-state index contributed by atoms with van der Waals surface area (Å²) in [6, 6.07) is 0. The van der Waals surface area contributed by atoms with Crippen LogP contribution in [0.15, 0.2) is 0 Å². The summed E-state index contributed by atoms with van der Waals surface area (Å²) in [5.74, 6) is 2.47. The van der Waals surface area contributed by atoms with Gasteiger partial charge in [0.25, 0.3) is 0 Å². The number of carboxylic acid groups (broad SMARTS) is 1. The van der Waals surface area contributed by atoms with E-state index in [1.54, 1.807) is 13.8 Å². The molecule has 26 heavy (non-hydrogen) atoms. The molecule has 0 aromatic rings. The van der Waals surface area contributed by atoms with Gasteiger partial charge in [-0.05, 0) is 86.9 Å². The second-order valence-electron chi connectivity index (χ2n) is 9.64. The van der Waals surface area contributed by atoms with Crippen molar-refractivity contribution in [2.45, 2.75) is 84.2 Å². The van der Waals surface area contributed by atoms with Gasteiger partial charge in [-0.3, -0.25) is 9.59 Å². The second kappa shape index (κ2) is 6.83. The summed E-state index contributed by atoms with van der Waals surface area (Å²) in [5.41, 5.74) is -1.37. The Morgan fingerprint density at radius 3 is 1.73 bits per heavy atom. The van der Waals surface area contributed by atoms with Crippen LogP contribution >= 0.6 is 0 Å². The molecule has 0 amide bonds. The van der Waals surface area contributed by atoms with Crippen molar-refractivity contribution in [1.82, 2.24) is 0 Å². The van der Waals surface area contributed by atoms with E-state index < -0.39 is 17.4 Å². The Labute approximate surface area is 157 Å². The van der Waals surface area contributed by atoms with E-state index in [4.69, 9.17) is 4.74 Å². The van der Waals surface area contributed by atoms with Crippen molar-refractivity contribution in [2.24, 2.45) is 40.9 Å². The van der Waals surface area contributed by atoms with E-state index in [2.05, 4.69) is 0 Å². The van der Waals surface area contributed by atoms with Crippen LogP contribution in [0.2, 0.25) is 0 Å². The van der Waals surface area contributed by atoms with Crippen LogP contribution in [0.5, 0.6) is 0 Å². The van der Waals surface area contributed by atoms with Gasteiger partial charge < -0.3 is 9.84 Å². The number of fused-ring (bicyclic) bond motifs is 4. The molecule has 4 nitrogen and oxygen atoms in total. The molecule has 4 rings (SSSR count). The molecule has 0 radical (unpaired) electrons. The third kappa shape index (κ3) is 2.79. The number of esters is 1. The fourth-order valence-corrected chi connectivity index (χ4v) is 7.05. The lowest BCUT2D eigenvalue weighted by atomic mass is 9.74. The number of ether oxygens (including phenoxy) is 1. The molecule has 146 valence electrons. The standard InChI is InChI=1S/C22H34O4/c1-3-22(4-2,20(23)24)21(25)26-19(17-11-13-5-7-15(17)9-13)18-12-14-6-8-16(18)10-14/h13-19H,3-12H2,1-2H3,(H,23,24). The van der Waals surface area contributed by atoms with Gasteiger partial charge in [0.1, 0.15) is 6.10 Å². The van der Waals surface area contributed by atoms with Crippen LogP contribution in [0.3, 0.4) is 0 Å². The van der Waals surface area contributed by atoms with Gasteiger partial charge in [0.05, 0.1) is 0 Å². The Bertz CT molecular complexity index is 538. The minimum atomic E-state index is -1.37. The number of hydrogen-bond donors (Lipinski definition) is 1. The molecule has 4 bridgehead atoms. The Morgan fingerprint density at radius 1 is 0.923 bits per heavy atom. The molecule has 0 aromatic heterocycles. The first-order chi connectivity index (χ1) is 12.5. The zero-order chi connectivity index (χ0) is 18.5. The highest BCUT2D eigenvalue weighted by molar-refractivity contribution is 5.99. The molecule has 4 aliphatic carbocycles. The number of rotatable bonds is 7. The number of hydrogen-bond acceptors (Lipinski definition) is 3. The van der Waals surface area contributed by atoms with E-state index in [0.29, 0.717) is 36.5 Å². The van der Waals surface area contributed by atoms with Gasteiger partial charge in [-0.25, -0.2) is 0 Å². The summed E-state index contributed by atoms with van der Waals surface area (Å²) in [5, 5.41) is 9.75. The van der Waals surface area contributed by atoms with Crippen molar-refractivity contribution in [3.8, 4) is 0 Å². The monoisotopic (exact) mass is 362 g/mol. The summed E-state index contributed by atoms with van der Waals surface area (Å²) < 4.78 is 6.21. The predicted molar refractivity (Wildman–Crippen MR) is 98.4 cm³/mol. The molecule has 4 fully saturated rings. The fourth-order valence-electron chi connectivity index (χ4n) is 7.05. The van der Waals surface area contributed by atoms with Gasteiger partial charge in [0.15, 0.2) is 5.41 Å². The van der Waals surface area contributed by atoms with E-state index in [1.165, 1.54) is 51.4 Å². The summed E-state index contributed by atoms with van der Waals surface area (Å²) in [7, 11) is 0. The van der Waals surface area contributed by atoms with Crippen LogP contribution in [-0.4, -0.2) is 23.1 Å². The van der Waals surface area contributed by atoms with E-state index in [0.717, 1.165) is 11.8 Å². The lowest BCUT2D eigenvalue weighted by Gasteiger charge is -2.39. The number of carboxylic acids is 1. The maximum Gasteiger partial charge on any atom is 0.323 e. The van der Waals surface area contributed by atoms with Crippen molar-refractivity contribution in [3.63, 3.8) is 0 Å². The zero-order valence-corrected chi connectivity index (χ0v) is 16.3. The van der Waals surface area contributed by atoms with Crippen LogP contribution < -0.4 is 0 Å². The number of carbonyl (C=O) groups excluding carboxylic acids is 1. The summed E-state index contributed by atoms with van der Waals surface area (Å²) in [4.78, 5) is 25.0. The van der Waals surface area contributed by atoms with Crippen LogP contribution in [0.1, 0.15) is 78.1 Å². The second-order valence-corrected chi connectivity index (χ2v) is 9.64. The zero-order valence-electron chi connectivity index (χ0n) is 16.3. The quantitative estimate of drug-likeness (QED) is 0.528. The molecule has 0 saturated heterocycles. The molecule has 4 saturated carbocycles. The normalized spacial score (nSPS) is 39.3. The van der Waals surface area contributed by atoms with Gasteiger partial charge in [0, 0.05) is 0 Å². The van der Waals surface area contributed by atoms with Gasteiger partial charge in [-0.2, -0.15) is 0 Å². The molecule has 0 heterocycles. The van der Waals surface area contributed by atoms with Crippen molar-refractivity contribution in [1.29, 1.82) is 0 Å². The highest BCUT2D eigenvalue weighted by Crippen LogP contribution is 2.57. The van der Waals surface area contributed by atoms with Crippen LogP contribution in [0.4, 0.5) is 0 Å². The molecule has 4 aliphatic rings. The molecule has 1 N–H and O–H groups in total. The highest BCUT2D eigenvalue weighted by Gasteiger charge is 2.54. The Balaban J connectivity index is 1.57. The summed E-state index contributed by atoms with van der Waals surface area (Å²) in [6.07, 6.45) is 10.8. The van der Waals surface area contributed by atoms with E-state index in [-0.39, 0.29) is 6.10 Å². The third-order valence-electron chi connectivity index (χ3n) is 8.68. The average molecular weight is 363 g/mol. The fraction of sp³-hybridized carbons (Fsp3) is 0.909. The summed E-state index contributed by atoms with van der Waals surface area (Å²) in [6.45, 7) is 3.59. The van der Waals surface area contributed by atoms with Crippen LogP contribution in [0, 0.1) is 40.9 Å². The Kier molecular flexibility index (Phi) is 4.81. The largest absolute Gasteiger partial charge is 0.480 e. The average Bonchev–Trinajstić information content (AvgIpc) is 3.41. The lowest BCUT2D eigenvalue weighted by Crippen LogP contribution is -2.46. The Hall–Kier alpha value is -1.06. The molecule has 0 aliphatic heterocycles. The topological polar surface area (TPSA) is 63.6 Å². The molecular formula is C22H34O4. The summed E-state index contributed by atoms with van der Waals surface area (Å²) >= 11 is 0. The van der Waals surface area contributed by atoms with Gasteiger partial charge in [0.2, 0.25) is 0 Å². The lowest BCUT2D eigenvalue weighted by molar-refractivity contribution is -0.180. The van der Waals surface area contributed by atoms with E-state index in [9.17, 15) is 14.7 Å². The molecular weight excluding hydrogens is 328 g/mol. The van der Waals surface area contributed by atoms with Crippen molar-refractivity contribution >= 4 is 11.9 Å². The first-order valence-electron chi connectivity index (χ1n) is 10.9. The number of carbonyl (C=O) groups is 2. The Morgan fingerprint density at radius 2 is 1.42 bits per heavy atom. The predicted octanol–water partition coefficient (Wildman–Crippen LogP) is 4.66. The highest BCUT2D eigenvalue weighted by atomic mass is 16.5.